The molecule has 7 nitrogen and oxygen atoms in total. The Kier molecular flexibility index (Phi) is 4.90. The van der Waals surface area contributed by atoms with Crippen LogP contribution in [0.25, 0.3) is 11.3 Å². The van der Waals surface area contributed by atoms with Crippen molar-refractivity contribution in [1.82, 2.24) is 0 Å². The van der Waals surface area contributed by atoms with Crippen molar-refractivity contribution in [3.05, 3.63) is 75.5 Å². The van der Waals surface area contributed by atoms with Gasteiger partial charge in [-0.15, -0.1) is 0 Å². The van der Waals surface area contributed by atoms with Crippen LogP contribution in [0, 0.1) is 10.1 Å². The highest BCUT2D eigenvalue weighted by Crippen LogP contribution is 2.34. The number of carbonyl (C=O) groups is 1. The van der Waals surface area contributed by atoms with E-state index in [0.29, 0.717) is 16.5 Å². The molecule has 0 fully saturated rings. The van der Waals surface area contributed by atoms with Gasteiger partial charge in [-0.2, -0.15) is 0 Å². The van der Waals surface area contributed by atoms with Crippen molar-refractivity contribution in [3.63, 3.8) is 0 Å². The number of nitro benzene ring substituents is 1. The number of ether oxygens (including phenoxy) is 1. The monoisotopic (exact) mass is 372 g/mol. The highest BCUT2D eigenvalue weighted by Gasteiger charge is 2.21. The van der Waals surface area contributed by atoms with Crippen LogP contribution in [0.4, 0.5) is 11.4 Å². The fourth-order valence-corrected chi connectivity index (χ4v) is 2.45. The van der Waals surface area contributed by atoms with E-state index in [1.54, 1.807) is 30.3 Å². The summed E-state index contributed by atoms with van der Waals surface area (Å²) >= 11 is 5.80. The van der Waals surface area contributed by atoms with Gasteiger partial charge in [0.15, 0.2) is 5.76 Å². The predicted octanol–water partition coefficient (Wildman–Crippen LogP) is 4.77. The molecule has 1 amide bonds. The lowest BCUT2D eigenvalue weighted by Crippen LogP contribution is -2.10. The number of hydrogen-bond acceptors (Lipinski definition) is 5. The minimum absolute atomic E-state index is 0.0278. The molecule has 1 aromatic heterocycles. The Morgan fingerprint density at radius 1 is 1.15 bits per heavy atom. The van der Waals surface area contributed by atoms with Gasteiger partial charge in [0, 0.05) is 10.7 Å². The molecule has 26 heavy (non-hydrogen) atoms. The third kappa shape index (κ3) is 3.68. The number of amides is 1. The lowest BCUT2D eigenvalue weighted by Gasteiger charge is -2.04. The first-order valence-electron chi connectivity index (χ1n) is 7.47. The summed E-state index contributed by atoms with van der Waals surface area (Å²) in [6.07, 6.45) is 0. The van der Waals surface area contributed by atoms with Crippen LogP contribution in [0.5, 0.6) is 5.75 Å². The van der Waals surface area contributed by atoms with Crippen LogP contribution in [0.15, 0.2) is 59.0 Å². The molecule has 0 radical (unpaired) electrons. The number of anilines is 1. The Balaban J connectivity index is 1.86. The molecule has 0 saturated carbocycles. The summed E-state index contributed by atoms with van der Waals surface area (Å²) in [5.41, 5.74) is 0.623. The molecule has 3 rings (SSSR count). The van der Waals surface area contributed by atoms with Crippen LogP contribution >= 0.6 is 11.6 Å². The number of furan rings is 1. The van der Waals surface area contributed by atoms with Gasteiger partial charge >= 0.3 is 0 Å². The van der Waals surface area contributed by atoms with E-state index in [1.165, 1.54) is 31.4 Å². The maximum atomic E-state index is 12.3. The molecule has 1 heterocycles. The Morgan fingerprint density at radius 3 is 2.54 bits per heavy atom. The van der Waals surface area contributed by atoms with Crippen LogP contribution in [0.3, 0.4) is 0 Å². The number of benzene rings is 2. The molecule has 0 aliphatic carbocycles. The molecule has 3 aromatic rings. The second-order valence-corrected chi connectivity index (χ2v) is 5.70. The van der Waals surface area contributed by atoms with Crippen LogP contribution in [-0.4, -0.2) is 17.9 Å². The van der Waals surface area contributed by atoms with Gasteiger partial charge in [0.05, 0.1) is 23.7 Å². The van der Waals surface area contributed by atoms with E-state index >= 15 is 0 Å². The van der Waals surface area contributed by atoms with Crippen molar-refractivity contribution >= 4 is 28.9 Å². The number of nitro groups is 1. The molecule has 132 valence electrons. The lowest BCUT2D eigenvalue weighted by molar-refractivity contribution is -0.384. The van der Waals surface area contributed by atoms with Crippen molar-refractivity contribution < 1.29 is 18.9 Å². The molecule has 0 spiro atoms. The molecular formula is C18H13ClN2O5. The van der Waals surface area contributed by atoms with Gasteiger partial charge < -0.3 is 14.5 Å². The third-order valence-corrected chi connectivity index (χ3v) is 3.85. The van der Waals surface area contributed by atoms with Crippen LogP contribution in [-0.2, 0) is 0 Å². The SMILES string of the molecule is COc1ccc(-c2ccc(C(=O)Nc3ccc(Cl)cc3)o2)c([N+](=O)[O-])c1. The number of nitrogens with one attached hydrogen (secondary N) is 1. The number of rotatable bonds is 5. The maximum Gasteiger partial charge on any atom is 0.291 e. The summed E-state index contributed by atoms with van der Waals surface area (Å²) in [6, 6.07) is 13.9. The standard InChI is InChI=1S/C18H13ClN2O5/c1-25-13-6-7-14(15(10-13)21(23)24)16-8-9-17(26-16)18(22)20-12-4-2-11(19)3-5-12/h2-10H,1H3,(H,20,22). The Morgan fingerprint density at radius 2 is 1.88 bits per heavy atom. The first kappa shape index (κ1) is 17.5. The van der Waals surface area contributed by atoms with Crippen LogP contribution < -0.4 is 10.1 Å². The summed E-state index contributed by atoms with van der Waals surface area (Å²) in [5, 5.41) is 14.5. The first-order valence-corrected chi connectivity index (χ1v) is 7.85. The van der Waals surface area contributed by atoms with Gasteiger partial charge in [-0.25, -0.2) is 0 Å². The molecule has 0 bridgehead atoms. The summed E-state index contributed by atoms with van der Waals surface area (Å²) in [6.45, 7) is 0. The fourth-order valence-electron chi connectivity index (χ4n) is 2.33. The van der Waals surface area contributed by atoms with E-state index in [4.69, 9.17) is 20.8 Å². The number of methoxy groups -OCH3 is 1. The van der Waals surface area contributed by atoms with E-state index in [2.05, 4.69) is 5.32 Å². The third-order valence-electron chi connectivity index (χ3n) is 3.60. The average Bonchev–Trinajstić information content (AvgIpc) is 3.13. The summed E-state index contributed by atoms with van der Waals surface area (Å²) in [5.74, 6) is 0.114. The van der Waals surface area contributed by atoms with Crippen LogP contribution in [0.1, 0.15) is 10.6 Å². The summed E-state index contributed by atoms with van der Waals surface area (Å²) in [7, 11) is 1.42. The normalized spacial score (nSPS) is 10.4. The molecule has 1 N–H and O–H groups in total. The van der Waals surface area contributed by atoms with Crippen LogP contribution in [0.2, 0.25) is 5.02 Å². The topological polar surface area (TPSA) is 94.6 Å². The van der Waals surface area contributed by atoms with Crippen molar-refractivity contribution in [2.45, 2.75) is 0 Å². The van der Waals surface area contributed by atoms with Crippen molar-refractivity contribution in [1.29, 1.82) is 0 Å². The van der Waals surface area contributed by atoms with E-state index in [1.807, 2.05) is 0 Å². The Labute approximate surface area is 153 Å². The molecule has 0 aliphatic rings. The highest BCUT2D eigenvalue weighted by atomic mass is 35.5. The van der Waals surface area contributed by atoms with Gasteiger partial charge in [0.2, 0.25) is 0 Å². The second-order valence-electron chi connectivity index (χ2n) is 5.27. The largest absolute Gasteiger partial charge is 0.497 e. The highest BCUT2D eigenvalue weighted by molar-refractivity contribution is 6.30. The van der Waals surface area contributed by atoms with Gasteiger partial charge in [-0.3, -0.25) is 14.9 Å². The predicted molar refractivity (Wildman–Crippen MR) is 96.8 cm³/mol. The molecule has 0 aliphatic heterocycles. The molecule has 0 saturated heterocycles. The zero-order valence-corrected chi connectivity index (χ0v) is 14.3. The molecule has 2 aromatic carbocycles. The quantitative estimate of drug-likeness (QED) is 0.514. The summed E-state index contributed by atoms with van der Waals surface area (Å²) < 4.78 is 10.5. The number of halogens is 1. The Hall–Kier alpha value is -3.32. The van der Waals surface area contributed by atoms with E-state index in [0.717, 1.165) is 0 Å². The van der Waals surface area contributed by atoms with Crippen molar-refractivity contribution in [3.8, 4) is 17.1 Å². The number of carbonyl (C=O) groups excluding carboxylic acids is 1. The molecule has 8 heteroatoms. The molecule has 0 unspecified atom stereocenters. The van der Waals surface area contributed by atoms with E-state index < -0.39 is 10.8 Å². The zero-order valence-electron chi connectivity index (χ0n) is 13.6. The van der Waals surface area contributed by atoms with Gasteiger partial charge in [0.1, 0.15) is 11.5 Å². The van der Waals surface area contributed by atoms with Crippen molar-refractivity contribution in [2.24, 2.45) is 0 Å². The minimum Gasteiger partial charge on any atom is -0.497 e. The van der Waals surface area contributed by atoms with Gasteiger partial charge in [-0.05, 0) is 48.5 Å². The second kappa shape index (κ2) is 7.28. The molecule has 0 atom stereocenters. The number of hydrogen-bond donors (Lipinski definition) is 1. The smallest absolute Gasteiger partial charge is 0.291 e. The van der Waals surface area contributed by atoms with E-state index in [-0.39, 0.29) is 22.8 Å². The van der Waals surface area contributed by atoms with Gasteiger partial charge in [-0.1, -0.05) is 11.6 Å². The fraction of sp³-hybridized carbons (Fsp3) is 0.0556. The average molecular weight is 373 g/mol. The number of nitrogens with zero attached hydrogens (tertiary/aromatic N) is 1. The summed E-state index contributed by atoms with van der Waals surface area (Å²) in [4.78, 5) is 23.0. The maximum absolute atomic E-state index is 12.3. The minimum atomic E-state index is -0.534. The zero-order chi connectivity index (χ0) is 18.7. The Bertz CT molecular complexity index is 966. The first-order chi connectivity index (χ1) is 12.5. The molecular weight excluding hydrogens is 360 g/mol. The van der Waals surface area contributed by atoms with E-state index in [9.17, 15) is 14.9 Å². The lowest BCUT2D eigenvalue weighted by atomic mass is 10.1. The van der Waals surface area contributed by atoms with Gasteiger partial charge in [0.25, 0.3) is 11.6 Å². The van der Waals surface area contributed by atoms with Crippen molar-refractivity contribution in [2.75, 3.05) is 12.4 Å².